The number of carboxylic acid groups (broad SMARTS) is 1. The molecule has 0 saturated heterocycles. The van der Waals surface area contributed by atoms with Crippen LogP contribution in [0.1, 0.15) is 19.8 Å². The third kappa shape index (κ3) is 6.51. The van der Waals surface area contributed by atoms with Crippen LogP contribution < -0.4 is 16.8 Å². The second-order valence-electron chi connectivity index (χ2n) is 3.18. The molecule has 0 unspecified atom stereocenters. The van der Waals surface area contributed by atoms with Crippen LogP contribution in [0.4, 0.5) is 0 Å². The third-order valence-electron chi connectivity index (χ3n) is 1.80. The van der Waals surface area contributed by atoms with Gasteiger partial charge in [0.05, 0.1) is 0 Å². The van der Waals surface area contributed by atoms with Gasteiger partial charge >= 0.3 is 5.97 Å². The first-order valence-corrected chi connectivity index (χ1v) is 4.49. The van der Waals surface area contributed by atoms with E-state index in [2.05, 4.69) is 5.32 Å². The van der Waals surface area contributed by atoms with Gasteiger partial charge in [-0.15, -0.1) is 0 Å². The van der Waals surface area contributed by atoms with Crippen LogP contribution in [0, 0.1) is 0 Å². The molecule has 0 rings (SSSR count). The lowest BCUT2D eigenvalue weighted by molar-refractivity contribution is -0.138. The van der Waals surface area contributed by atoms with E-state index in [1.165, 1.54) is 0 Å². The Morgan fingerprint density at radius 2 is 2.23 bits per heavy atom. The van der Waals surface area contributed by atoms with E-state index in [0.29, 0.717) is 13.0 Å². The molecule has 2 atom stereocenters. The maximum Gasteiger partial charge on any atom is 0.320 e. The van der Waals surface area contributed by atoms with Crippen molar-refractivity contribution < 1.29 is 9.90 Å². The van der Waals surface area contributed by atoms with Gasteiger partial charge in [-0.25, -0.2) is 0 Å². The highest BCUT2D eigenvalue weighted by atomic mass is 16.4. The Bertz CT molecular complexity index is 152. The minimum Gasteiger partial charge on any atom is -0.480 e. The molecule has 0 fully saturated rings. The molecule has 13 heavy (non-hydrogen) atoms. The molecule has 0 saturated carbocycles. The minimum atomic E-state index is -0.951. The summed E-state index contributed by atoms with van der Waals surface area (Å²) in [4.78, 5) is 10.4. The van der Waals surface area contributed by atoms with Crippen LogP contribution in [0.3, 0.4) is 0 Å². The molecule has 0 bridgehead atoms. The molecule has 0 aromatic rings. The van der Waals surface area contributed by atoms with E-state index < -0.39 is 12.0 Å². The van der Waals surface area contributed by atoms with Crippen molar-refractivity contribution in [2.24, 2.45) is 11.5 Å². The normalized spacial score (nSPS) is 15.3. The summed E-state index contributed by atoms with van der Waals surface area (Å²) in [6, 6.07) is -0.655. The van der Waals surface area contributed by atoms with Gasteiger partial charge in [0.1, 0.15) is 6.04 Å². The molecule has 0 radical (unpaired) electrons. The summed E-state index contributed by atoms with van der Waals surface area (Å²) in [5.74, 6) is -0.951. The number of nitrogens with two attached hydrogens (primary N) is 2. The van der Waals surface area contributed by atoms with Gasteiger partial charge in [-0.05, 0) is 32.9 Å². The predicted molar refractivity (Wildman–Crippen MR) is 51.4 cm³/mol. The molecule has 0 aromatic carbocycles. The fourth-order valence-electron chi connectivity index (χ4n) is 1.02. The largest absolute Gasteiger partial charge is 0.480 e. The van der Waals surface area contributed by atoms with Crippen molar-refractivity contribution in [3.8, 4) is 0 Å². The fourth-order valence-corrected chi connectivity index (χ4v) is 1.02. The van der Waals surface area contributed by atoms with Crippen molar-refractivity contribution >= 4 is 5.97 Å². The maximum absolute atomic E-state index is 10.4. The Balaban J connectivity index is 3.49. The van der Waals surface area contributed by atoms with Crippen molar-refractivity contribution in [3.63, 3.8) is 0 Å². The smallest absolute Gasteiger partial charge is 0.320 e. The Labute approximate surface area is 78.5 Å². The molecule has 6 N–H and O–H groups in total. The lowest BCUT2D eigenvalue weighted by Gasteiger charge is -2.15. The summed E-state index contributed by atoms with van der Waals surface area (Å²) in [7, 11) is 0. The van der Waals surface area contributed by atoms with Gasteiger partial charge in [0.15, 0.2) is 0 Å². The molecule has 0 aliphatic heterocycles. The highest BCUT2D eigenvalue weighted by Crippen LogP contribution is 1.95. The number of hydrogen-bond acceptors (Lipinski definition) is 4. The average Bonchev–Trinajstić information content (AvgIpc) is 2.04. The monoisotopic (exact) mass is 189 g/mol. The van der Waals surface area contributed by atoms with Crippen molar-refractivity contribution in [3.05, 3.63) is 0 Å². The second kappa shape index (κ2) is 6.82. The summed E-state index contributed by atoms with van der Waals surface area (Å²) < 4.78 is 0. The van der Waals surface area contributed by atoms with Crippen molar-refractivity contribution in [1.82, 2.24) is 5.32 Å². The maximum atomic E-state index is 10.4. The summed E-state index contributed by atoms with van der Waals surface area (Å²) in [5, 5.41) is 11.7. The summed E-state index contributed by atoms with van der Waals surface area (Å²) >= 11 is 0. The van der Waals surface area contributed by atoms with Crippen LogP contribution >= 0.6 is 0 Å². The molecule has 5 heteroatoms. The van der Waals surface area contributed by atoms with E-state index in [1.54, 1.807) is 0 Å². The lowest BCUT2D eigenvalue weighted by Crippen LogP contribution is -2.39. The summed E-state index contributed by atoms with van der Waals surface area (Å²) in [6.45, 7) is 3.37. The van der Waals surface area contributed by atoms with Gasteiger partial charge in [0.25, 0.3) is 0 Å². The van der Waals surface area contributed by atoms with E-state index in [-0.39, 0.29) is 6.04 Å². The SMILES string of the molecule is C[C@@H](C[C@@H](N)C(=O)O)NCCCN. The molecule has 0 spiro atoms. The molecular weight excluding hydrogens is 170 g/mol. The third-order valence-corrected chi connectivity index (χ3v) is 1.80. The zero-order chi connectivity index (χ0) is 10.3. The van der Waals surface area contributed by atoms with Crippen molar-refractivity contribution in [2.75, 3.05) is 13.1 Å². The van der Waals surface area contributed by atoms with Gasteiger partial charge in [0, 0.05) is 6.04 Å². The summed E-state index contributed by atoms with van der Waals surface area (Å²) in [6.07, 6.45) is 1.34. The van der Waals surface area contributed by atoms with E-state index in [9.17, 15) is 4.79 Å². The predicted octanol–water partition coefficient (Wildman–Crippen LogP) is -0.885. The molecular formula is C8H19N3O2. The molecule has 0 aliphatic rings. The van der Waals surface area contributed by atoms with Crippen LogP contribution in [0.5, 0.6) is 0 Å². The van der Waals surface area contributed by atoms with E-state index in [0.717, 1.165) is 13.0 Å². The first-order valence-electron chi connectivity index (χ1n) is 4.49. The van der Waals surface area contributed by atoms with Crippen molar-refractivity contribution in [2.45, 2.75) is 31.8 Å². The Hall–Kier alpha value is -0.650. The number of nitrogens with one attached hydrogen (secondary N) is 1. The van der Waals surface area contributed by atoms with E-state index in [4.69, 9.17) is 16.6 Å². The van der Waals surface area contributed by atoms with Crippen molar-refractivity contribution in [1.29, 1.82) is 0 Å². The Kier molecular flexibility index (Phi) is 6.48. The Morgan fingerprint density at radius 3 is 2.69 bits per heavy atom. The van der Waals surface area contributed by atoms with Gasteiger partial charge < -0.3 is 21.9 Å². The number of hydrogen-bond donors (Lipinski definition) is 4. The van der Waals surface area contributed by atoms with Gasteiger partial charge in [-0.2, -0.15) is 0 Å². The molecule has 0 aromatic heterocycles. The van der Waals surface area contributed by atoms with Crippen LogP contribution in [0.2, 0.25) is 0 Å². The topological polar surface area (TPSA) is 101 Å². The van der Waals surface area contributed by atoms with Crippen LogP contribution in [0.15, 0.2) is 0 Å². The zero-order valence-corrected chi connectivity index (χ0v) is 7.99. The standard InChI is InChI=1S/C8H19N3O2/c1-6(11-4-2-3-9)5-7(10)8(12)13/h6-7,11H,2-5,9-10H2,1H3,(H,12,13)/t6-,7+/m0/s1. The van der Waals surface area contributed by atoms with Crippen LogP contribution in [-0.4, -0.2) is 36.2 Å². The number of aliphatic carboxylic acids is 1. The van der Waals surface area contributed by atoms with Gasteiger partial charge in [0.2, 0.25) is 0 Å². The molecule has 78 valence electrons. The number of carbonyl (C=O) groups is 1. The highest BCUT2D eigenvalue weighted by Gasteiger charge is 2.14. The first-order chi connectivity index (χ1) is 6.07. The Morgan fingerprint density at radius 1 is 1.62 bits per heavy atom. The molecule has 0 heterocycles. The quantitative estimate of drug-likeness (QED) is 0.389. The van der Waals surface area contributed by atoms with Crippen LogP contribution in [-0.2, 0) is 4.79 Å². The second-order valence-corrected chi connectivity index (χ2v) is 3.18. The molecule has 0 aliphatic carbocycles. The van der Waals surface area contributed by atoms with Gasteiger partial charge in [-0.3, -0.25) is 4.79 Å². The average molecular weight is 189 g/mol. The van der Waals surface area contributed by atoms with Gasteiger partial charge in [-0.1, -0.05) is 0 Å². The fraction of sp³-hybridized carbons (Fsp3) is 0.875. The summed E-state index contributed by atoms with van der Waals surface area (Å²) in [5.41, 5.74) is 10.7. The number of carboxylic acids is 1. The van der Waals surface area contributed by atoms with Crippen LogP contribution in [0.25, 0.3) is 0 Å². The highest BCUT2D eigenvalue weighted by molar-refractivity contribution is 5.73. The number of rotatable bonds is 7. The lowest BCUT2D eigenvalue weighted by atomic mass is 10.1. The minimum absolute atomic E-state index is 0.123. The first kappa shape index (κ1) is 12.3. The van der Waals surface area contributed by atoms with E-state index >= 15 is 0 Å². The zero-order valence-electron chi connectivity index (χ0n) is 7.99. The molecule has 5 nitrogen and oxygen atoms in total. The van der Waals surface area contributed by atoms with E-state index in [1.807, 2.05) is 6.92 Å². The molecule has 0 amide bonds.